The maximum atomic E-state index is 12.8. The van der Waals surface area contributed by atoms with Crippen molar-refractivity contribution in [3.63, 3.8) is 0 Å². The van der Waals surface area contributed by atoms with E-state index in [2.05, 4.69) is 25.4 Å². The summed E-state index contributed by atoms with van der Waals surface area (Å²) in [6.07, 6.45) is 8.38. The fraction of sp³-hybridized carbons (Fsp3) is 0.150. The van der Waals surface area contributed by atoms with Gasteiger partial charge in [-0.2, -0.15) is 0 Å². The standard InChI is InChI=1S/C20H17ClN6O2/c1-13-17(18(26-29-13)14-4-2-3-5-15(14)21)20(28)25-9-11-27-10-8-24-19(27)16-12-22-6-7-23-16/h2-8,10,12H,9,11H2,1H3,(H,25,28). The van der Waals surface area contributed by atoms with Crippen LogP contribution in [0.25, 0.3) is 22.8 Å². The van der Waals surface area contributed by atoms with E-state index in [1.54, 1.807) is 43.8 Å². The Balaban J connectivity index is 1.48. The van der Waals surface area contributed by atoms with Crippen LogP contribution in [-0.4, -0.2) is 37.1 Å². The molecule has 0 unspecified atom stereocenters. The Hall–Kier alpha value is -3.52. The van der Waals surface area contributed by atoms with Crippen molar-refractivity contribution in [1.29, 1.82) is 0 Å². The van der Waals surface area contributed by atoms with Crippen LogP contribution in [0, 0.1) is 6.92 Å². The molecule has 0 spiro atoms. The number of amides is 1. The third kappa shape index (κ3) is 3.88. The fourth-order valence-electron chi connectivity index (χ4n) is 2.99. The molecule has 0 radical (unpaired) electrons. The molecule has 3 heterocycles. The van der Waals surface area contributed by atoms with E-state index in [-0.39, 0.29) is 5.91 Å². The molecule has 4 aromatic rings. The van der Waals surface area contributed by atoms with Crippen LogP contribution in [0.15, 0.2) is 59.8 Å². The van der Waals surface area contributed by atoms with Gasteiger partial charge in [-0.3, -0.25) is 9.78 Å². The molecule has 0 atom stereocenters. The third-order valence-electron chi connectivity index (χ3n) is 4.36. The first-order valence-electron chi connectivity index (χ1n) is 8.92. The Bertz CT molecular complexity index is 1140. The van der Waals surface area contributed by atoms with Crippen molar-refractivity contribution >= 4 is 17.5 Å². The van der Waals surface area contributed by atoms with Crippen molar-refractivity contribution in [2.45, 2.75) is 13.5 Å². The molecule has 4 rings (SSSR count). The van der Waals surface area contributed by atoms with E-state index in [0.29, 0.717) is 52.2 Å². The van der Waals surface area contributed by atoms with Crippen molar-refractivity contribution in [3.05, 3.63) is 71.6 Å². The van der Waals surface area contributed by atoms with Crippen molar-refractivity contribution in [2.24, 2.45) is 0 Å². The number of halogens is 1. The summed E-state index contributed by atoms with van der Waals surface area (Å²) in [7, 11) is 0. The maximum absolute atomic E-state index is 12.8. The van der Waals surface area contributed by atoms with Gasteiger partial charge in [0.1, 0.15) is 22.7 Å². The second-order valence-electron chi connectivity index (χ2n) is 6.23. The zero-order chi connectivity index (χ0) is 20.2. The van der Waals surface area contributed by atoms with E-state index < -0.39 is 0 Å². The van der Waals surface area contributed by atoms with E-state index in [1.165, 1.54) is 0 Å². The highest BCUT2D eigenvalue weighted by Crippen LogP contribution is 2.30. The van der Waals surface area contributed by atoms with Crippen molar-refractivity contribution in [1.82, 2.24) is 30.0 Å². The number of imidazole rings is 1. The Morgan fingerprint density at radius 1 is 1.21 bits per heavy atom. The molecule has 29 heavy (non-hydrogen) atoms. The second-order valence-corrected chi connectivity index (χ2v) is 6.64. The van der Waals surface area contributed by atoms with Crippen LogP contribution in [0.3, 0.4) is 0 Å². The summed E-state index contributed by atoms with van der Waals surface area (Å²) in [6, 6.07) is 7.20. The molecule has 0 aliphatic heterocycles. The highest BCUT2D eigenvalue weighted by molar-refractivity contribution is 6.33. The van der Waals surface area contributed by atoms with Crippen LogP contribution in [-0.2, 0) is 6.54 Å². The highest BCUT2D eigenvalue weighted by atomic mass is 35.5. The molecule has 0 aliphatic rings. The minimum absolute atomic E-state index is 0.278. The van der Waals surface area contributed by atoms with E-state index in [9.17, 15) is 4.79 Å². The zero-order valence-electron chi connectivity index (χ0n) is 15.5. The summed E-state index contributed by atoms with van der Waals surface area (Å²) >= 11 is 6.26. The molecule has 0 saturated heterocycles. The average Bonchev–Trinajstić information content (AvgIpc) is 3.35. The van der Waals surface area contributed by atoms with Crippen LogP contribution < -0.4 is 5.32 Å². The first-order valence-corrected chi connectivity index (χ1v) is 9.30. The number of nitrogens with one attached hydrogen (secondary N) is 1. The highest BCUT2D eigenvalue weighted by Gasteiger charge is 2.22. The zero-order valence-corrected chi connectivity index (χ0v) is 16.3. The summed E-state index contributed by atoms with van der Waals surface area (Å²) in [5.41, 5.74) is 2.11. The van der Waals surface area contributed by atoms with E-state index in [0.717, 1.165) is 0 Å². The van der Waals surface area contributed by atoms with Crippen LogP contribution in [0.2, 0.25) is 5.02 Å². The summed E-state index contributed by atoms with van der Waals surface area (Å²) in [6.45, 7) is 2.60. The Morgan fingerprint density at radius 2 is 2.07 bits per heavy atom. The SMILES string of the molecule is Cc1onc(-c2ccccc2Cl)c1C(=O)NCCn1ccnc1-c1cnccn1. The molecular weight excluding hydrogens is 392 g/mol. The minimum Gasteiger partial charge on any atom is -0.360 e. The topological polar surface area (TPSA) is 98.7 Å². The Morgan fingerprint density at radius 3 is 2.86 bits per heavy atom. The van der Waals surface area contributed by atoms with Gasteiger partial charge in [-0.05, 0) is 13.0 Å². The summed E-state index contributed by atoms with van der Waals surface area (Å²) < 4.78 is 7.16. The molecule has 9 heteroatoms. The molecule has 1 N–H and O–H groups in total. The normalized spacial score (nSPS) is 10.8. The summed E-state index contributed by atoms with van der Waals surface area (Å²) in [5, 5.41) is 7.44. The Labute approximate surface area is 171 Å². The summed E-state index contributed by atoms with van der Waals surface area (Å²) in [5.74, 6) is 0.838. The molecule has 0 bridgehead atoms. The minimum atomic E-state index is -0.278. The van der Waals surface area contributed by atoms with Gasteiger partial charge in [0.05, 0.1) is 11.2 Å². The van der Waals surface area contributed by atoms with Gasteiger partial charge in [0, 0.05) is 43.4 Å². The molecule has 146 valence electrons. The number of aromatic nitrogens is 5. The molecular formula is C20H17ClN6O2. The number of aryl methyl sites for hydroxylation is 1. The molecule has 8 nitrogen and oxygen atoms in total. The predicted molar refractivity (Wildman–Crippen MR) is 107 cm³/mol. The molecule has 1 amide bonds. The first-order chi connectivity index (χ1) is 14.1. The van der Waals surface area contributed by atoms with Gasteiger partial charge < -0.3 is 14.4 Å². The molecule has 0 aliphatic carbocycles. The smallest absolute Gasteiger partial charge is 0.257 e. The van der Waals surface area contributed by atoms with E-state index >= 15 is 0 Å². The summed E-state index contributed by atoms with van der Waals surface area (Å²) in [4.78, 5) is 25.5. The van der Waals surface area contributed by atoms with Crippen molar-refractivity contribution in [3.8, 4) is 22.8 Å². The van der Waals surface area contributed by atoms with Crippen LogP contribution in [0.1, 0.15) is 16.1 Å². The lowest BCUT2D eigenvalue weighted by molar-refractivity contribution is 0.0951. The second kappa shape index (κ2) is 8.24. The van der Waals surface area contributed by atoms with Gasteiger partial charge in [-0.1, -0.05) is 35.0 Å². The lowest BCUT2D eigenvalue weighted by Crippen LogP contribution is -2.28. The monoisotopic (exact) mass is 408 g/mol. The first kappa shape index (κ1) is 18.8. The number of carbonyl (C=O) groups excluding carboxylic acids is 1. The molecule has 0 fully saturated rings. The van der Waals surface area contributed by atoms with Gasteiger partial charge in [-0.15, -0.1) is 0 Å². The number of hydrogen-bond donors (Lipinski definition) is 1. The van der Waals surface area contributed by atoms with Crippen molar-refractivity contribution < 1.29 is 9.32 Å². The number of rotatable bonds is 6. The fourth-order valence-corrected chi connectivity index (χ4v) is 3.22. The van der Waals surface area contributed by atoms with Crippen LogP contribution in [0.4, 0.5) is 0 Å². The average molecular weight is 409 g/mol. The lowest BCUT2D eigenvalue weighted by atomic mass is 10.1. The third-order valence-corrected chi connectivity index (χ3v) is 4.69. The van der Waals surface area contributed by atoms with E-state index in [4.69, 9.17) is 16.1 Å². The number of carbonyl (C=O) groups is 1. The largest absolute Gasteiger partial charge is 0.360 e. The van der Waals surface area contributed by atoms with Gasteiger partial charge in [0.15, 0.2) is 5.82 Å². The maximum Gasteiger partial charge on any atom is 0.257 e. The van der Waals surface area contributed by atoms with Crippen molar-refractivity contribution in [2.75, 3.05) is 6.54 Å². The van der Waals surface area contributed by atoms with Crippen LogP contribution >= 0.6 is 11.6 Å². The number of nitrogens with zero attached hydrogens (tertiary/aromatic N) is 5. The van der Waals surface area contributed by atoms with Gasteiger partial charge in [0.2, 0.25) is 0 Å². The molecule has 3 aromatic heterocycles. The quantitative estimate of drug-likeness (QED) is 0.525. The molecule has 0 saturated carbocycles. The molecule has 1 aromatic carbocycles. The Kier molecular flexibility index (Phi) is 5.35. The van der Waals surface area contributed by atoms with Gasteiger partial charge in [-0.25, -0.2) is 9.97 Å². The van der Waals surface area contributed by atoms with Crippen LogP contribution in [0.5, 0.6) is 0 Å². The van der Waals surface area contributed by atoms with E-state index in [1.807, 2.05) is 22.9 Å². The lowest BCUT2D eigenvalue weighted by Gasteiger charge is -2.09. The van der Waals surface area contributed by atoms with Gasteiger partial charge in [0.25, 0.3) is 5.91 Å². The number of benzene rings is 1. The number of hydrogen-bond acceptors (Lipinski definition) is 6. The van der Waals surface area contributed by atoms with Gasteiger partial charge >= 0.3 is 0 Å². The predicted octanol–water partition coefficient (Wildman–Crippen LogP) is 3.39.